The summed E-state index contributed by atoms with van der Waals surface area (Å²) in [5.41, 5.74) is -0.484. The van der Waals surface area contributed by atoms with Crippen molar-refractivity contribution in [1.82, 2.24) is 15.5 Å². The van der Waals surface area contributed by atoms with Crippen molar-refractivity contribution in [3.63, 3.8) is 0 Å². The summed E-state index contributed by atoms with van der Waals surface area (Å²) in [7, 11) is 1.73. The van der Waals surface area contributed by atoms with E-state index in [0.717, 1.165) is 25.7 Å². The number of nitrogens with one attached hydrogen (secondary N) is 2. The molecule has 2 N–H and O–H groups in total. The molecule has 3 rings (SSSR count). The monoisotopic (exact) mass is 434 g/mol. The molecule has 3 unspecified atom stereocenters. The van der Waals surface area contributed by atoms with E-state index in [0.29, 0.717) is 18.3 Å². The zero-order valence-corrected chi connectivity index (χ0v) is 19.2. The molecule has 2 fully saturated rings. The van der Waals surface area contributed by atoms with Gasteiger partial charge in [-0.05, 0) is 65.5 Å². The average molecular weight is 435 g/mol. The lowest BCUT2D eigenvalue weighted by molar-refractivity contribution is 0.00544. The molecule has 1 aromatic rings. The number of piperidine rings is 1. The largest absolute Gasteiger partial charge is 0.489 e. The Morgan fingerprint density at radius 2 is 1.97 bits per heavy atom. The zero-order chi connectivity index (χ0) is 22.6. The van der Waals surface area contributed by atoms with Crippen LogP contribution in [0.15, 0.2) is 29.3 Å². The number of carbonyl (C=O) groups excluding carboxylic acids is 1. The number of ether oxygens (including phenoxy) is 2. The molecule has 0 spiro atoms. The number of aliphatic imine (C=N–C) groups is 1. The van der Waals surface area contributed by atoms with Crippen molar-refractivity contribution >= 4 is 12.1 Å². The molecule has 7 nitrogen and oxygen atoms in total. The number of fused-ring (bicyclic) bond motifs is 2. The van der Waals surface area contributed by atoms with E-state index in [9.17, 15) is 9.18 Å². The van der Waals surface area contributed by atoms with E-state index in [-0.39, 0.29) is 36.1 Å². The highest BCUT2D eigenvalue weighted by Gasteiger charge is 2.45. The molecule has 0 aliphatic carbocycles. The number of rotatable bonds is 5. The molecule has 0 saturated carbocycles. The standard InChI is InChI=1S/C23H35FN4O3/c1-15(30-20-8-6-7-16(24)11-20)14-26-21(25-5)27-17-12-18-9-10-19(13-17)28(18)22(29)31-23(2,3)4/h6-8,11,15,17-19H,9-10,12-14H2,1-5H3,(H2,25,26,27). The highest BCUT2D eigenvalue weighted by atomic mass is 19.1. The summed E-state index contributed by atoms with van der Waals surface area (Å²) in [6, 6.07) is 6.76. The van der Waals surface area contributed by atoms with Gasteiger partial charge < -0.3 is 25.0 Å². The SMILES string of the molecule is CN=C(NCC(C)Oc1cccc(F)c1)NC1CC2CCC(C1)N2C(=O)OC(C)(C)C. The fourth-order valence-corrected chi connectivity index (χ4v) is 4.35. The minimum absolute atomic E-state index is 0.162. The van der Waals surface area contributed by atoms with Gasteiger partial charge in [0.15, 0.2) is 5.96 Å². The molecule has 8 heteroatoms. The molecule has 172 valence electrons. The van der Waals surface area contributed by atoms with Crippen molar-refractivity contribution in [3.05, 3.63) is 30.1 Å². The second-order valence-corrected chi connectivity index (χ2v) is 9.42. The third kappa shape index (κ3) is 6.48. The Hall–Kier alpha value is -2.51. The van der Waals surface area contributed by atoms with Crippen molar-refractivity contribution in [3.8, 4) is 5.75 Å². The molecule has 31 heavy (non-hydrogen) atoms. The van der Waals surface area contributed by atoms with Crippen LogP contribution < -0.4 is 15.4 Å². The van der Waals surface area contributed by atoms with Crippen molar-refractivity contribution in [2.75, 3.05) is 13.6 Å². The first-order valence-electron chi connectivity index (χ1n) is 11.1. The van der Waals surface area contributed by atoms with Crippen LogP contribution in [0.2, 0.25) is 0 Å². The summed E-state index contributed by atoms with van der Waals surface area (Å²) in [5, 5.41) is 6.77. The summed E-state index contributed by atoms with van der Waals surface area (Å²) in [4.78, 5) is 18.9. The number of hydrogen-bond donors (Lipinski definition) is 2. The lowest BCUT2D eigenvalue weighted by Gasteiger charge is -2.40. The van der Waals surface area contributed by atoms with Crippen LogP contribution in [0.25, 0.3) is 0 Å². The van der Waals surface area contributed by atoms with Gasteiger partial charge in [0.2, 0.25) is 0 Å². The molecule has 2 bridgehead atoms. The molecule has 1 aromatic carbocycles. The van der Waals surface area contributed by atoms with E-state index in [1.807, 2.05) is 32.6 Å². The van der Waals surface area contributed by atoms with Crippen LogP contribution in [0.5, 0.6) is 5.75 Å². The molecule has 2 heterocycles. The number of guanidine groups is 1. The Labute approximate surface area is 184 Å². The van der Waals surface area contributed by atoms with Gasteiger partial charge in [0, 0.05) is 31.2 Å². The molecular weight excluding hydrogens is 399 g/mol. The second kappa shape index (κ2) is 9.75. The minimum atomic E-state index is -0.484. The van der Waals surface area contributed by atoms with Crippen LogP contribution in [0.3, 0.4) is 0 Å². The van der Waals surface area contributed by atoms with Crippen molar-refractivity contribution < 1.29 is 18.7 Å². The summed E-state index contributed by atoms with van der Waals surface area (Å²) in [6.07, 6.45) is 3.38. The first-order chi connectivity index (χ1) is 14.6. The zero-order valence-electron chi connectivity index (χ0n) is 19.2. The highest BCUT2D eigenvalue weighted by Crippen LogP contribution is 2.36. The van der Waals surface area contributed by atoms with Gasteiger partial charge in [0.05, 0.1) is 6.54 Å². The first kappa shape index (κ1) is 23.2. The first-order valence-corrected chi connectivity index (χ1v) is 11.1. The van der Waals surface area contributed by atoms with E-state index in [1.54, 1.807) is 19.2 Å². The van der Waals surface area contributed by atoms with Gasteiger partial charge in [-0.15, -0.1) is 0 Å². The van der Waals surface area contributed by atoms with Crippen LogP contribution in [0.1, 0.15) is 53.4 Å². The van der Waals surface area contributed by atoms with Gasteiger partial charge in [-0.2, -0.15) is 0 Å². The molecule has 3 atom stereocenters. The number of carbonyl (C=O) groups is 1. The van der Waals surface area contributed by atoms with Crippen molar-refractivity contribution in [2.45, 2.75) is 83.2 Å². The van der Waals surface area contributed by atoms with Gasteiger partial charge in [0.1, 0.15) is 23.3 Å². The van der Waals surface area contributed by atoms with Crippen molar-refractivity contribution in [2.24, 2.45) is 4.99 Å². The molecule has 0 aromatic heterocycles. The van der Waals surface area contributed by atoms with Crippen LogP contribution in [0, 0.1) is 5.82 Å². The lowest BCUT2D eigenvalue weighted by Crippen LogP contribution is -2.55. The predicted octanol–water partition coefficient (Wildman–Crippen LogP) is 3.69. The summed E-state index contributed by atoms with van der Waals surface area (Å²) >= 11 is 0. The topological polar surface area (TPSA) is 75.2 Å². The van der Waals surface area contributed by atoms with E-state index >= 15 is 0 Å². The third-order valence-electron chi connectivity index (χ3n) is 5.59. The predicted molar refractivity (Wildman–Crippen MR) is 119 cm³/mol. The normalized spacial score (nSPS) is 24.5. The van der Waals surface area contributed by atoms with Crippen LogP contribution >= 0.6 is 0 Å². The number of hydrogen-bond acceptors (Lipinski definition) is 4. The number of halogens is 1. The Balaban J connectivity index is 1.48. The second-order valence-electron chi connectivity index (χ2n) is 9.42. The fraction of sp³-hybridized carbons (Fsp3) is 0.652. The van der Waals surface area contributed by atoms with E-state index < -0.39 is 5.60 Å². The molecule has 2 aliphatic rings. The molecule has 0 radical (unpaired) electrons. The van der Waals surface area contributed by atoms with E-state index in [1.165, 1.54) is 12.1 Å². The van der Waals surface area contributed by atoms with Gasteiger partial charge in [0.25, 0.3) is 0 Å². The van der Waals surface area contributed by atoms with E-state index in [2.05, 4.69) is 15.6 Å². The maximum Gasteiger partial charge on any atom is 0.410 e. The molecule has 1 amide bonds. The highest BCUT2D eigenvalue weighted by molar-refractivity contribution is 5.80. The minimum Gasteiger partial charge on any atom is -0.489 e. The summed E-state index contributed by atoms with van der Waals surface area (Å²) < 4.78 is 24.7. The third-order valence-corrected chi connectivity index (χ3v) is 5.59. The van der Waals surface area contributed by atoms with Gasteiger partial charge in [-0.25, -0.2) is 9.18 Å². The van der Waals surface area contributed by atoms with Gasteiger partial charge >= 0.3 is 6.09 Å². The lowest BCUT2D eigenvalue weighted by atomic mass is 9.98. The quantitative estimate of drug-likeness (QED) is 0.546. The molecular formula is C23H35FN4O3. The summed E-state index contributed by atoms with van der Waals surface area (Å²) in [5.74, 6) is 0.885. The van der Waals surface area contributed by atoms with Crippen LogP contribution in [0.4, 0.5) is 9.18 Å². The molecule has 2 aliphatic heterocycles. The Bertz CT molecular complexity index is 781. The maximum absolute atomic E-state index is 13.3. The maximum atomic E-state index is 13.3. The molecule has 2 saturated heterocycles. The van der Waals surface area contributed by atoms with Gasteiger partial charge in [-0.3, -0.25) is 4.99 Å². The van der Waals surface area contributed by atoms with Crippen molar-refractivity contribution in [1.29, 1.82) is 0 Å². The summed E-state index contributed by atoms with van der Waals surface area (Å²) in [6.45, 7) is 8.14. The average Bonchev–Trinajstić information content (AvgIpc) is 2.95. The number of benzene rings is 1. The van der Waals surface area contributed by atoms with E-state index in [4.69, 9.17) is 9.47 Å². The Morgan fingerprint density at radius 1 is 1.29 bits per heavy atom. The number of nitrogens with zero attached hydrogens (tertiary/aromatic N) is 2. The van der Waals surface area contributed by atoms with Crippen LogP contribution in [-0.2, 0) is 4.74 Å². The smallest absolute Gasteiger partial charge is 0.410 e. The Kier molecular flexibility index (Phi) is 7.28. The number of amides is 1. The van der Waals surface area contributed by atoms with Crippen LogP contribution in [-0.4, -0.2) is 60.4 Å². The van der Waals surface area contributed by atoms with Gasteiger partial charge in [-0.1, -0.05) is 6.07 Å². The Morgan fingerprint density at radius 3 is 2.55 bits per heavy atom. The fourth-order valence-electron chi connectivity index (χ4n) is 4.35.